The number of piperidine rings is 1. The van der Waals surface area contributed by atoms with Crippen molar-refractivity contribution >= 4 is 11.7 Å². The first-order valence-corrected chi connectivity index (χ1v) is 7.69. The average molecular weight is 289 g/mol. The van der Waals surface area contributed by atoms with Gasteiger partial charge in [-0.2, -0.15) is 0 Å². The normalized spacial score (nSPS) is 25.3. The molecule has 5 nitrogen and oxygen atoms in total. The molecule has 0 aliphatic carbocycles. The summed E-state index contributed by atoms with van der Waals surface area (Å²) >= 11 is 0. The number of pyridine rings is 1. The molecule has 0 saturated carbocycles. The van der Waals surface area contributed by atoms with E-state index in [2.05, 4.69) is 4.98 Å². The number of anilines is 1. The Morgan fingerprint density at radius 1 is 1.43 bits per heavy atom. The lowest BCUT2D eigenvalue weighted by Gasteiger charge is -2.41. The van der Waals surface area contributed by atoms with E-state index in [1.807, 2.05) is 30.0 Å². The van der Waals surface area contributed by atoms with Gasteiger partial charge in [0.25, 0.3) is 5.91 Å². The van der Waals surface area contributed by atoms with Crippen LogP contribution in [-0.4, -0.2) is 55.7 Å². The molecule has 1 amide bonds. The third kappa shape index (κ3) is 3.02. The number of carbonyl (C=O) groups excluding carboxylic acids is 1. The number of ether oxygens (including phenoxy) is 1. The summed E-state index contributed by atoms with van der Waals surface area (Å²) in [6.07, 6.45) is 5.32. The number of rotatable bonds is 2. The monoisotopic (exact) mass is 289 g/mol. The summed E-state index contributed by atoms with van der Waals surface area (Å²) in [6, 6.07) is 3.67. The van der Waals surface area contributed by atoms with Crippen LogP contribution in [0.3, 0.4) is 0 Å². The number of hydrogen-bond donors (Lipinski definition) is 0. The van der Waals surface area contributed by atoms with Crippen LogP contribution in [0.4, 0.5) is 5.82 Å². The molecule has 5 heteroatoms. The van der Waals surface area contributed by atoms with Gasteiger partial charge in [-0.25, -0.2) is 4.98 Å². The predicted molar refractivity (Wildman–Crippen MR) is 81.5 cm³/mol. The number of fused-ring (bicyclic) bond motifs is 1. The van der Waals surface area contributed by atoms with Gasteiger partial charge in [0.1, 0.15) is 5.82 Å². The highest BCUT2D eigenvalue weighted by Gasteiger charge is 2.34. The fraction of sp³-hybridized carbons (Fsp3) is 0.625. The van der Waals surface area contributed by atoms with Crippen LogP contribution in [-0.2, 0) is 4.74 Å². The molecule has 1 aromatic rings. The molecule has 0 radical (unpaired) electrons. The molecule has 2 aliphatic heterocycles. The van der Waals surface area contributed by atoms with E-state index < -0.39 is 0 Å². The minimum absolute atomic E-state index is 0.115. The molecule has 2 atom stereocenters. The zero-order chi connectivity index (χ0) is 14.8. The van der Waals surface area contributed by atoms with Gasteiger partial charge in [-0.05, 0) is 31.4 Å². The quantitative estimate of drug-likeness (QED) is 0.832. The van der Waals surface area contributed by atoms with E-state index in [-0.39, 0.29) is 5.91 Å². The lowest BCUT2D eigenvalue weighted by atomic mass is 9.88. The maximum atomic E-state index is 12.7. The highest BCUT2D eigenvalue weighted by atomic mass is 16.5. The van der Waals surface area contributed by atoms with Gasteiger partial charge in [-0.3, -0.25) is 4.79 Å². The van der Waals surface area contributed by atoms with E-state index in [4.69, 9.17) is 4.74 Å². The largest absolute Gasteiger partial charge is 0.378 e. The maximum Gasteiger partial charge on any atom is 0.254 e. The first-order chi connectivity index (χ1) is 10.1. The van der Waals surface area contributed by atoms with Crippen LogP contribution in [0.25, 0.3) is 0 Å². The fourth-order valence-corrected chi connectivity index (χ4v) is 3.25. The Kier molecular flexibility index (Phi) is 4.10. The molecule has 2 saturated heterocycles. The Morgan fingerprint density at radius 2 is 2.29 bits per heavy atom. The smallest absolute Gasteiger partial charge is 0.254 e. The number of nitrogens with zero attached hydrogens (tertiary/aromatic N) is 3. The Morgan fingerprint density at radius 3 is 3.10 bits per heavy atom. The van der Waals surface area contributed by atoms with Gasteiger partial charge in [-0.15, -0.1) is 0 Å². The van der Waals surface area contributed by atoms with Crippen molar-refractivity contribution in [1.82, 2.24) is 9.88 Å². The molecule has 0 spiro atoms. The summed E-state index contributed by atoms with van der Waals surface area (Å²) in [5.41, 5.74) is 0.726. The Labute approximate surface area is 125 Å². The number of likely N-dealkylation sites (tertiary alicyclic amines) is 1. The number of hydrogen-bond acceptors (Lipinski definition) is 4. The van der Waals surface area contributed by atoms with Gasteiger partial charge in [0, 0.05) is 51.5 Å². The number of aromatic nitrogens is 1. The van der Waals surface area contributed by atoms with Crippen LogP contribution < -0.4 is 4.90 Å². The van der Waals surface area contributed by atoms with Crippen LogP contribution in [0.1, 0.15) is 29.6 Å². The molecule has 21 heavy (non-hydrogen) atoms. The van der Waals surface area contributed by atoms with Crippen LogP contribution >= 0.6 is 0 Å². The second kappa shape index (κ2) is 6.02. The molecule has 114 valence electrons. The fourth-order valence-electron chi connectivity index (χ4n) is 3.25. The van der Waals surface area contributed by atoms with Crippen molar-refractivity contribution in [2.45, 2.75) is 25.4 Å². The second-order valence-corrected chi connectivity index (χ2v) is 6.15. The van der Waals surface area contributed by atoms with Crippen molar-refractivity contribution in [2.75, 3.05) is 38.7 Å². The van der Waals surface area contributed by atoms with E-state index in [1.165, 1.54) is 6.42 Å². The highest BCUT2D eigenvalue weighted by Crippen LogP contribution is 2.29. The van der Waals surface area contributed by atoms with Crippen molar-refractivity contribution in [3.8, 4) is 0 Å². The Balaban J connectivity index is 1.72. The lowest BCUT2D eigenvalue weighted by Crippen LogP contribution is -2.48. The summed E-state index contributed by atoms with van der Waals surface area (Å²) in [6.45, 7) is 2.49. The van der Waals surface area contributed by atoms with Gasteiger partial charge >= 0.3 is 0 Å². The van der Waals surface area contributed by atoms with Crippen LogP contribution in [0.5, 0.6) is 0 Å². The summed E-state index contributed by atoms with van der Waals surface area (Å²) < 4.78 is 5.81. The molecule has 2 aliphatic rings. The molecule has 0 bridgehead atoms. The van der Waals surface area contributed by atoms with Crippen LogP contribution in [0.2, 0.25) is 0 Å². The number of amides is 1. The lowest BCUT2D eigenvalue weighted by molar-refractivity contribution is -0.0606. The van der Waals surface area contributed by atoms with Gasteiger partial charge in [0.05, 0.1) is 6.10 Å². The first kappa shape index (κ1) is 14.3. The van der Waals surface area contributed by atoms with Gasteiger partial charge in [0.15, 0.2) is 0 Å². The zero-order valence-electron chi connectivity index (χ0n) is 12.8. The van der Waals surface area contributed by atoms with Crippen LogP contribution in [0.15, 0.2) is 18.3 Å². The third-order valence-electron chi connectivity index (χ3n) is 4.45. The van der Waals surface area contributed by atoms with Crippen molar-refractivity contribution in [1.29, 1.82) is 0 Å². The van der Waals surface area contributed by atoms with Gasteiger partial charge in [0.2, 0.25) is 0 Å². The molecule has 0 N–H and O–H groups in total. The van der Waals surface area contributed by atoms with Crippen molar-refractivity contribution in [2.24, 2.45) is 5.92 Å². The van der Waals surface area contributed by atoms with Crippen molar-refractivity contribution in [3.05, 3.63) is 23.9 Å². The summed E-state index contributed by atoms with van der Waals surface area (Å²) in [4.78, 5) is 20.8. The minimum Gasteiger partial charge on any atom is -0.378 e. The molecular formula is C16H23N3O2. The first-order valence-electron chi connectivity index (χ1n) is 7.69. The SMILES string of the molecule is CN(C)c1cc(C(=O)N2CC[C@H]3OCCC[C@H]3C2)ccn1. The van der Waals surface area contributed by atoms with Crippen LogP contribution in [0, 0.1) is 5.92 Å². The van der Waals surface area contributed by atoms with E-state index in [0.29, 0.717) is 12.0 Å². The second-order valence-electron chi connectivity index (χ2n) is 6.15. The standard InChI is InChI=1S/C16H23N3O2/c1-18(2)15-10-12(5-7-17-15)16(20)19-8-6-14-13(11-19)4-3-9-21-14/h5,7,10,13-14H,3-4,6,8-9,11H2,1-2H3/t13-,14+/m0/s1. The van der Waals surface area contributed by atoms with Crippen molar-refractivity contribution in [3.63, 3.8) is 0 Å². The van der Waals surface area contributed by atoms with E-state index >= 15 is 0 Å². The Bertz CT molecular complexity index is 518. The predicted octanol–water partition coefficient (Wildman–Crippen LogP) is 1.79. The molecular weight excluding hydrogens is 266 g/mol. The van der Waals surface area contributed by atoms with E-state index in [1.54, 1.807) is 12.3 Å². The summed E-state index contributed by atoms with van der Waals surface area (Å²) in [5.74, 6) is 1.44. The van der Waals surface area contributed by atoms with E-state index in [9.17, 15) is 4.79 Å². The molecule has 3 heterocycles. The van der Waals surface area contributed by atoms with Crippen molar-refractivity contribution < 1.29 is 9.53 Å². The highest BCUT2D eigenvalue weighted by molar-refractivity contribution is 5.94. The molecule has 2 fully saturated rings. The maximum absolute atomic E-state index is 12.7. The van der Waals surface area contributed by atoms with E-state index in [0.717, 1.165) is 43.9 Å². The number of carbonyl (C=O) groups is 1. The summed E-state index contributed by atoms with van der Waals surface area (Å²) in [5, 5.41) is 0. The third-order valence-corrected chi connectivity index (χ3v) is 4.45. The molecule has 3 rings (SSSR count). The molecule has 0 unspecified atom stereocenters. The molecule has 0 aromatic carbocycles. The van der Waals surface area contributed by atoms with Gasteiger partial charge < -0.3 is 14.5 Å². The Hall–Kier alpha value is -1.62. The zero-order valence-corrected chi connectivity index (χ0v) is 12.8. The average Bonchev–Trinajstić information content (AvgIpc) is 2.53. The minimum atomic E-state index is 0.115. The molecule has 1 aromatic heterocycles. The topological polar surface area (TPSA) is 45.7 Å². The summed E-state index contributed by atoms with van der Waals surface area (Å²) in [7, 11) is 3.86. The van der Waals surface area contributed by atoms with Gasteiger partial charge in [-0.1, -0.05) is 0 Å².